The fraction of sp³-hybridized carbons (Fsp3) is 0.417. The number of thioether (sulfide) groups is 1. The number of anilines is 1. The van der Waals surface area contributed by atoms with Crippen LogP contribution in [0.4, 0.5) is 5.69 Å². The molecule has 0 amide bonds. The maximum absolute atomic E-state index is 6.12. The third-order valence-corrected chi connectivity index (χ3v) is 5.00. The van der Waals surface area contributed by atoms with Crippen LogP contribution >= 0.6 is 39.3 Å². The molecule has 0 bridgehead atoms. The molecule has 5 heteroatoms. The largest absolute Gasteiger partial charge is 0.334 e. The molecular formula is C12H14BrClN2S. The molecule has 1 aliphatic heterocycles. The summed E-state index contributed by atoms with van der Waals surface area (Å²) in [6.07, 6.45) is 1.15. The molecule has 1 unspecified atom stereocenters. The fourth-order valence-corrected chi connectivity index (χ4v) is 3.23. The van der Waals surface area contributed by atoms with E-state index in [9.17, 15) is 0 Å². The van der Waals surface area contributed by atoms with Crippen LogP contribution in [0, 0.1) is 6.92 Å². The van der Waals surface area contributed by atoms with Crippen LogP contribution in [0.3, 0.4) is 0 Å². The Hall–Kier alpha value is -0.190. The molecule has 0 spiro atoms. The molecule has 0 saturated heterocycles. The van der Waals surface area contributed by atoms with E-state index in [1.807, 2.05) is 19.1 Å². The van der Waals surface area contributed by atoms with Crippen LogP contribution in [0.5, 0.6) is 0 Å². The summed E-state index contributed by atoms with van der Waals surface area (Å²) in [5.41, 5.74) is 2.04. The van der Waals surface area contributed by atoms with Crippen LogP contribution in [0.2, 0.25) is 5.02 Å². The summed E-state index contributed by atoms with van der Waals surface area (Å²) >= 11 is 11.5. The molecule has 0 fully saturated rings. The van der Waals surface area contributed by atoms with E-state index >= 15 is 0 Å². The van der Waals surface area contributed by atoms with Crippen molar-refractivity contribution < 1.29 is 0 Å². The topological polar surface area (TPSA) is 24.4 Å². The first-order chi connectivity index (χ1) is 8.10. The monoisotopic (exact) mass is 332 g/mol. The molecule has 1 atom stereocenters. The summed E-state index contributed by atoms with van der Waals surface area (Å²) in [7, 11) is 0. The molecule has 1 aromatic rings. The SMILES string of the molecule is CCC1CN=C(Nc2cc(Cl)c(C)cc2Br)S1. The zero-order valence-corrected chi connectivity index (χ0v) is 12.9. The van der Waals surface area contributed by atoms with E-state index in [0.717, 1.165) is 38.9 Å². The maximum atomic E-state index is 6.12. The molecule has 1 aromatic carbocycles. The van der Waals surface area contributed by atoms with E-state index in [1.54, 1.807) is 11.8 Å². The number of hydrogen-bond donors (Lipinski definition) is 1. The van der Waals surface area contributed by atoms with Crippen molar-refractivity contribution in [1.82, 2.24) is 0 Å². The minimum absolute atomic E-state index is 0.609. The zero-order valence-electron chi connectivity index (χ0n) is 9.76. The van der Waals surface area contributed by atoms with Gasteiger partial charge in [-0.25, -0.2) is 0 Å². The number of aliphatic imine (C=N–C) groups is 1. The molecule has 0 aliphatic carbocycles. The average molecular weight is 334 g/mol. The van der Waals surface area contributed by atoms with Crippen molar-refractivity contribution >= 4 is 50.1 Å². The minimum atomic E-state index is 0.609. The zero-order chi connectivity index (χ0) is 12.4. The number of halogens is 2. The van der Waals surface area contributed by atoms with Crippen molar-refractivity contribution in [2.45, 2.75) is 25.5 Å². The summed E-state index contributed by atoms with van der Waals surface area (Å²) in [5, 5.41) is 5.69. The van der Waals surface area contributed by atoms with Crippen LogP contribution < -0.4 is 5.32 Å². The molecule has 2 rings (SSSR count). The highest BCUT2D eigenvalue weighted by Gasteiger charge is 2.18. The lowest BCUT2D eigenvalue weighted by Gasteiger charge is -2.10. The van der Waals surface area contributed by atoms with Gasteiger partial charge in [0.1, 0.15) is 0 Å². The van der Waals surface area contributed by atoms with Gasteiger partial charge in [-0.15, -0.1) is 0 Å². The van der Waals surface area contributed by atoms with Crippen molar-refractivity contribution in [3.8, 4) is 0 Å². The maximum Gasteiger partial charge on any atom is 0.161 e. The first kappa shape index (κ1) is 13.2. The van der Waals surface area contributed by atoms with Gasteiger partial charge in [0.05, 0.1) is 12.2 Å². The Morgan fingerprint density at radius 1 is 1.59 bits per heavy atom. The van der Waals surface area contributed by atoms with Gasteiger partial charge in [0.15, 0.2) is 5.17 Å². The molecule has 0 saturated carbocycles. The van der Waals surface area contributed by atoms with Crippen LogP contribution in [-0.4, -0.2) is 17.0 Å². The molecule has 0 radical (unpaired) electrons. The number of nitrogens with zero attached hydrogens (tertiary/aromatic N) is 1. The van der Waals surface area contributed by atoms with Crippen molar-refractivity contribution in [3.05, 3.63) is 27.2 Å². The Morgan fingerprint density at radius 3 is 3.00 bits per heavy atom. The summed E-state index contributed by atoms with van der Waals surface area (Å²) in [6, 6.07) is 3.95. The van der Waals surface area contributed by atoms with Crippen molar-refractivity contribution in [2.75, 3.05) is 11.9 Å². The lowest BCUT2D eigenvalue weighted by Crippen LogP contribution is -2.07. The lowest BCUT2D eigenvalue weighted by atomic mass is 10.2. The molecule has 17 heavy (non-hydrogen) atoms. The van der Waals surface area contributed by atoms with Gasteiger partial charge in [0.25, 0.3) is 0 Å². The average Bonchev–Trinajstić information content (AvgIpc) is 2.73. The number of rotatable bonds is 2. The second-order valence-corrected chi connectivity index (χ2v) is 6.55. The van der Waals surface area contributed by atoms with Crippen molar-refractivity contribution in [1.29, 1.82) is 0 Å². The van der Waals surface area contributed by atoms with Crippen molar-refractivity contribution in [3.63, 3.8) is 0 Å². The van der Waals surface area contributed by atoms with Gasteiger partial charge in [-0.2, -0.15) is 0 Å². The second-order valence-electron chi connectivity index (χ2n) is 4.00. The van der Waals surface area contributed by atoms with Crippen LogP contribution in [-0.2, 0) is 0 Å². The summed E-state index contributed by atoms with van der Waals surface area (Å²) < 4.78 is 1.02. The Balaban J connectivity index is 2.12. The van der Waals surface area contributed by atoms with Gasteiger partial charge in [0.2, 0.25) is 0 Å². The number of benzene rings is 1. The number of amidine groups is 1. The highest BCUT2D eigenvalue weighted by Crippen LogP contribution is 2.31. The third kappa shape index (κ3) is 3.18. The van der Waals surface area contributed by atoms with E-state index in [1.165, 1.54) is 0 Å². The summed E-state index contributed by atoms with van der Waals surface area (Å²) in [5.74, 6) is 0. The third-order valence-electron chi connectivity index (χ3n) is 2.66. The Bertz CT molecular complexity index is 462. The van der Waals surface area contributed by atoms with Gasteiger partial charge < -0.3 is 5.32 Å². The highest BCUT2D eigenvalue weighted by atomic mass is 79.9. The molecule has 1 heterocycles. The fourth-order valence-electron chi connectivity index (χ4n) is 1.56. The minimum Gasteiger partial charge on any atom is -0.334 e. The smallest absolute Gasteiger partial charge is 0.161 e. The van der Waals surface area contributed by atoms with Crippen LogP contribution in [0.25, 0.3) is 0 Å². The summed E-state index contributed by atoms with van der Waals surface area (Å²) in [6.45, 7) is 5.08. The van der Waals surface area contributed by atoms with Gasteiger partial charge in [-0.1, -0.05) is 30.3 Å². The molecular weight excluding hydrogens is 320 g/mol. The predicted octanol–water partition coefficient (Wildman–Crippen LogP) is 4.70. The van der Waals surface area contributed by atoms with E-state index in [0.29, 0.717) is 5.25 Å². The summed E-state index contributed by atoms with van der Waals surface area (Å²) in [4.78, 5) is 4.48. The standard InChI is InChI=1S/C12H14BrClN2S/c1-3-8-6-15-12(17-8)16-11-5-10(14)7(2)4-9(11)13/h4-5,8H,3,6H2,1-2H3,(H,15,16). The lowest BCUT2D eigenvalue weighted by molar-refractivity contribution is 0.843. The predicted molar refractivity (Wildman–Crippen MR) is 81.5 cm³/mol. The molecule has 0 aromatic heterocycles. The van der Waals surface area contributed by atoms with Crippen molar-refractivity contribution in [2.24, 2.45) is 4.99 Å². The van der Waals surface area contributed by atoms with Gasteiger partial charge >= 0.3 is 0 Å². The van der Waals surface area contributed by atoms with Crippen LogP contribution in [0.1, 0.15) is 18.9 Å². The second kappa shape index (κ2) is 5.63. The van der Waals surface area contributed by atoms with Gasteiger partial charge in [-0.05, 0) is 47.0 Å². The van der Waals surface area contributed by atoms with Crippen LogP contribution in [0.15, 0.2) is 21.6 Å². The molecule has 1 N–H and O–H groups in total. The Kier molecular flexibility index (Phi) is 4.39. The van der Waals surface area contributed by atoms with E-state index < -0.39 is 0 Å². The number of nitrogens with one attached hydrogen (secondary N) is 1. The van der Waals surface area contributed by atoms with E-state index in [4.69, 9.17) is 11.6 Å². The Labute approximate surface area is 119 Å². The molecule has 2 nitrogen and oxygen atoms in total. The normalized spacial score (nSPS) is 19.3. The highest BCUT2D eigenvalue weighted by molar-refractivity contribution is 9.10. The quantitative estimate of drug-likeness (QED) is 0.848. The van der Waals surface area contributed by atoms with E-state index in [-0.39, 0.29) is 0 Å². The van der Waals surface area contributed by atoms with E-state index in [2.05, 4.69) is 33.2 Å². The molecule has 1 aliphatic rings. The number of aryl methyl sites for hydroxylation is 1. The molecule has 92 valence electrons. The first-order valence-corrected chi connectivity index (χ1v) is 7.59. The first-order valence-electron chi connectivity index (χ1n) is 5.54. The number of hydrogen-bond acceptors (Lipinski definition) is 3. The van der Waals surface area contributed by atoms with Gasteiger partial charge in [0, 0.05) is 14.7 Å². The van der Waals surface area contributed by atoms with Gasteiger partial charge in [-0.3, -0.25) is 4.99 Å². The Morgan fingerprint density at radius 2 is 2.35 bits per heavy atom.